The second-order valence-electron chi connectivity index (χ2n) is 6.13. The Kier molecular flexibility index (Phi) is 7.67. The Balaban J connectivity index is 1.98. The first-order valence-electron chi connectivity index (χ1n) is 9.18. The Morgan fingerprint density at radius 1 is 0.926 bits per heavy atom. The highest BCUT2D eigenvalue weighted by molar-refractivity contribution is 6.04. The Hall–Kier alpha value is -3.02. The van der Waals surface area contributed by atoms with Gasteiger partial charge in [-0.3, -0.25) is 10.1 Å². The van der Waals surface area contributed by atoms with E-state index in [9.17, 15) is 9.59 Å². The number of carbonyl (C=O) groups is 2. The van der Waals surface area contributed by atoms with Gasteiger partial charge in [-0.15, -0.1) is 0 Å². The minimum Gasteiger partial charge on any atom is -0.453 e. The lowest BCUT2D eigenvalue weighted by atomic mass is 10.1. The Morgan fingerprint density at radius 3 is 2.04 bits per heavy atom. The summed E-state index contributed by atoms with van der Waals surface area (Å²) in [5.41, 5.74) is 2.97. The Morgan fingerprint density at radius 2 is 1.52 bits per heavy atom. The van der Waals surface area contributed by atoms with Crippen molar-refractivity contribution in [3.63, 3.8) is 0 Å². The zero-order valence-corrected chi connectivity index (χ0v) is 16.1. The molecule has 0 aromatic heterocycles. The second-order valence-corrected chi connectivity index (χ2v) is 6.13. The van der Waals surface area contributed by atoms with Gasteiger partial charge in [0.25, 0.3) is 5.91 Å². The number of methoxy groups -OCH3 is 1. The van der Waals surface area contributed by atoms with E-state index in [4.69, 9.17) is 0 Å². The van der Waals surface area contributed by atoms with Crippen LogP contribution in [0.4, 0.5) is 21.9 Å². The minimum atomic E-state index is -0.535. The van der Waals surface area contributed by atoms with Gasteiger partial charge < -0.3 is 15.0 Å². The molecule has 0 fully saturated rings. The topological polar surface area (TPSA) is 70.7 Å². The van der Waals surface area contributed by atoms with Gasteiger partial charge in [-0.05, 0) is 61.9 Å². The number of hydrogen-bond acceptors (Lipinski definition) is 4. The molecular weight excluding hydrogens is 342 g/mol. The van der Waals surface area contributed by atoms with Gasteiger partial charge in [0.15, 0.2) is 0 Å². The van der Waals surface area contributed by atoms with Crippen molar-refractivity contribution in [2.45, 2.75) is 26.7 Å². The van der Waals surface area contributed by atoms with Crippen LogP contribution < -0.4 is 15.5 Å². The molecule has 27 heavy (non-hydrogen) atoms. The standard InChI is InChI=1S/C21H27N3O3/c1-4-6-15-24(5-2)19-13-7-16(8-14-19)20(25)22-17-9-11-18(12-10-17)23-21(26)27-3/h7-14H,4-6,15H2,1-3H3,(H,22,25)(H,23,26). The van der Waals surface area contributed by atoms with E-state index >= 15 is 0 Å². The quantitative estimate of drug-likeness (QED) is 0.705. The molecule has 2 rings (SSSR count). The van der Waals surface area contributed by atoms with Gasteiger partial charge >= 0.3 is 6.09 Å². The highest BCUT2D eigenvalue weighted by Crippen LogP contribution is 2.18. The minimum absolute atomic E-state index is 0.174. The molecule has 0 saturated carbocycles. The summed E-state index contributed by atoms with van der Waals surface area (Å²) in [7, 11) is 1.30. The predicted molar refractivity (Wildman–Crippen MR) is 110 cm³/mol. The summed E-state index contributed by atoms with van der Waals surface area (Å²) in [6, 6.07) is 14.5. The molecule has 6 nitrogen and oxygen atoms in total. The molecule has 0 bridgehead atoms. The summed E-state index contributed by atoms with van der Waals surface area (Å²) in [6.07, 6.45) is 1.77. The zero-order chi connectivity index (χ0) is 19.6. The lowest BCUT2D eigenvalue weighted by molar-refractivity contribution is 0.102. The van der Waals surface area contributed by atoms with Crippen LogP contribution in [0.25, 0.3) is 0 Å². The van der Waals surface area contributed by atoms with E-state index in [1.165, 1.54) is 7.11 Å². The lowest BCUT2D eigenvalue weighted by Gasteiger charge is -2.23. The number of anilines is 3. The number of ether oxygens (including phenoxy) is 1. The van der Waals surface area contributed by atoms with E-state index < -0.39 is 6.09 Å². The van der Waals surface area contributed by atoms with Crippen LogP contribution in [-0.2, 0) is 4.74 Å². The zero-order valence-electron chi connectivity index (χ0n) is 16.1. The van der Waals surface area contributed by atoms with Gasteiger partial charge in [-0.25, -0.2) is 4.79 Å². The summed E-state index contributed by atoms with van der Waals surface area (Å²) < 4.78 is 4.54. The first kappa shape index (κ1) is 20.3. The summed E-state index contributed by atoms with van der Waals surface area (Å²) >= 11 is 0. The van der Waals surface area contributed by atoms with Crippen molar-refractivity contribution in [2.75, 3.05) is 35.7 Å². The van der Waals surface area contributed by atoms with E-state index in [1.807, 2.05) is 24.3 Å². The highest BCUT2D eigenvalue weighted by Gasteiger charge is 2.09. The fraction of sp³-hybridized carbons (Fsp3) is 0.333. The van der Waals surface area contributed by atoms with Gasteiger partial charge in [0.05, 0.1) is 7.11 Å². The third kappa shape index (κ3) is 6.02. The molecule has 2 amide bonds. The molecule has 0 atom stereocenters. The van der Waals surface area contributed by atoms with Gasteiger partial charge in [-0.2, -0.15) is 0 Å². The van der Waals surface area contributed by atoms with Crippen molar-refractivity contribution in [3.8, 4) is 0 Å². The molecule has 0 heterocycles. The molecule has 144 valence electrons. The summed E-state index contributed by atoms with van der Waals surface area (Å²) in [6.45, 7) is 6.27. The Bertz CT molecular complexity index is 742. The first-order chi connectivity index (χ1) is 13.1. The third-order valence-corrected chi connectivity index (χ3v) is 4.23. The van der Waals surface area contributed by atoms with Gasteiger partial charge in [0.1, 0.15) is 0 Å². The molecule has 0 unspecified atom stereocenters. The number of rotatable bonds is 8. The first-order valence-corrected chi connectivity index (χ1v) is 9.18. The average molecular weight is 369 g/mol. The fourth-order valence-electron chi connectivity index (χ4n) is 2.65. The largest absolute Gasteiger partial charge is 0.453 e. The average Bonchev–Trinajstić information content (AvgIpc) is 2.70. The smallest absolute Gasteiger partial charge is 0.411 e. The van der Waals surface area contributed by atoms with Gasteiger partial charge in [-0.1, -0.05) is 13.3 Å². The number of unbranched alkanes of at least 4 members (excludes halogenated alkanes) is 1. The molecule has 2 aromatic carbocycles. The monoisotopic (exact) mass is 369 g/mol. The molecule has 6 heteroatoms. The van der Waals surface area contributed by atoms with E-state index in [2.05, 4.69) is 34.1 Å². The molecule has 0 radical (unpaired) electrons. The van der Waals surface area contributed by atoms with Crippen LogP contribution in [0.1, 0.15) is 37.0 Å². The maximum absolute atomic E-state index is 12.4. The molecule has 2 aromatic rings. The second kappa shape index (κ2) is 10.2. The fourth-order valence-corrected chi connectivity index (χ4v) is 2.65. The normalized spacial score (nSPS) is 10.2. The number of hydrogen-bond donors (Lipinski definition) is 2. The number of carbonyl (C=O) groups excluding carboxylic acids is 2. The molecule has 0 spiro atoms. The highest BCUT2D eigenvalue weighted by atomic mass is 16.5. The van der Waals surface area contributed by atoms with Crippen molar-refractivity contribution < 1.29 is 14.3 Å². The van der Waals surface area contributed by atoms with Crippen LogP contribution in [0.2, 0.25) is 0 Å². The van der Waals surface area contributed by atoms with E-state index in [1.54, 1.807) is 24.3 Å². The lowest BCUT2D eigenvalue weighted by Crippen LogP contribution is -2.23. The van der Waals surface area contributed by atoms with Crippen LogP contribution >= 0.6 is 0 Å². The van der Waals surface area contributed by atoms with Crippen LogP contribution in [0.15, 0.2) is 48.5 Å². The predicted octanol–water partition coefficient (Wildman–Crippen LogP) is 4.74. The summed E-state index contributed by atoms with van der Waals surface area (Å²) in [4.78, 5) is 25.9. The molecule has 0 aliphatic heterocycles. The van der Waals surface area contributed by atoms with Crippen molar-refractivity contribution in [2.24, 2.45) is 0 Å². The molecular formula is C21H27N3O3. The van der Waals surface area contributed by atoms with Crippen molar-refractivity contribution >= 4 is 29.1 Å². The van der Waals surface area contributed by atoms with Crippen LogP contribution in [0.3, 0.4) is 0 Å². The molecule has 2 N–H and O–H groups in total. The van der Waals surface area contributed by atoms with Crippen LogP contribution in [0, 0.1) is 0 Å². The third-order valence-electron chi connectivity index (χ3n) is 4.23. The summed E-state index contributed by atoms with van der Waals surface area (Å²) in [5.74, 6) is -0.174. The van der Waals surface area contributed by atoms with Gasteiger partial charge in [0.2, 0.25) is 0 Å². The number of amides is 2. The SMILES string of the molecule is CCCCN(CC)c1ccc(C(=O)Nc2ccc(NC(=O)OC)cc2)cc1. The molecule has 0 aliphatic carbocycles. The maximum Gasteiger partial charge on any atom is 0.411 e. The van der Waals surface area contributed by atoms with Crippen LogP contribution in [0.5, 0.6) is 0 Å². The van der Waals surface area contributed by atoms with Crippen molar-refractivity contribution in [3.05, 3.63) is 54.1 Å². The van der Waals surface area contributed by atoms with Gasteiger partial charge in [0, 0.05) is 35.7 Å². The molecule has 0 saturated heterocycles. The Labute approximate surface area is 160 Å². The van der Waals surface area contributed by atoms with Crippen LogP contribution in [-0.4, -0.2) is 32.2 Å². The maximum atomic E-state index is 12.4. The van der Waals surface area contributed by atoms with Crippen molar-refractivity contribution in [1.82, 2.24) is 0 Å². The molecule has 0 aliphatic rings. The van der Waals surface area contributed by atoms with E-state index in [-0.39, 0.29) is 5.91 Å². The van der Waals surface area contributed by atoms with E-state index in [0.29, 0.717) is 16.9 Å². The number of benzene rings is 2. The summed E-state index contributed by atoms with van der Waals surface area (Å²) in [5, 5.41) is 5.42. The van der Waals surface area contributed by atoms with E-state index in [0.717, 1.165) is 31.6 Å². The number of nitrogens with one attached hydrogen (secondary N) is 2. The van der Waals surface area contributed by atoms with Crippen molar-refractivity contribution in [1.29, 1.82) is 0 Å². The number of nitrogens with zero attached hydrogens (tertiary/aromatic N) is 1.